The first kappa shape index (κ1) is 15.0. The summed E-state index contributed by atoms with van der Waals surface area (Å²) >= 11 is 3.47. The standard InChI is InChI=1S/C14H19BrN2O/c1-10(8-14(2,3)18-4)17-13-6-5-11(9-16)7-12(13)15/h5-7,10,17H,8H2,1-4H3. The average Bonchev–Trinajstić information content (AvgIpc) is 2.31. The Labute approximate surface area is 117 Å². The van der Waals surface area contributed by atoms with Crippen LogP contribution in [-0.4, -0.2) is 18.8 Å². The minimum atomic E-state index is -0.147. The molecular weight excluding hydrogens is 292 g/mol. The number of nitriles is 1. The maximum Gasteiger partial charge on any atom is 0.0992 e. The van der Waals surface area contributed by atoms with E-state index in [4.69, 9.17) is 10.00 Å². The van der Waals surface area contributed by atoms with E-state index in [0.29, 0.717) is 5.56 Å². The summed E-state index contributed by atoms with van der Waals surface area (Å²) in [6.07, 6.45) is 0.899. The highest BCUT2D eigenvalue weighted by Crippen LogP contribution is 2.26. The van der Waals surface area contributed by atoms with Crippen molar-refractivity contribution >= 4 is 21.6 Å². The van der Waals surface area contributed by atoms with E-state index in [9.17, 15) is 0 Å². The van der Waals surface area contributed by atoms with Crippen molar-refractivity contribution in [2.24, 2.45) is 0 Å². The van der Waals surface area contributed by atoms with Crippen molar-refractivity contribution < 1.29 is 4.74 Å². The van der Waals surface area contributed by atoms with Gasteiger partial charge in [-0.1, -0.05) is 0 Å². The molecule has 1 aromatic rings. The van der Waals surface area contributed by atoms with Crippen molar-refractivity contribution in [3.8, 4) is 6.07 Å². The molecule has 3 nitrogen and oxygen atoms in total. The van der Waals surface area contributed by atoms with Crippen molar-refractivity contribution in [1.29, 1.82) is 5.26 Å². The molecule has 0 heterocycles. The molecular formula is C14H19BrN2O. The van der Waals surface area contributed by atoms with Crippen LogP contribution >= 0.6 is 15.9 Å². The first-order valence-electron chi connectivity index (χ1n) is 5.89. The van der Waals surface area contributed by atoms with Crippen LogP contribution in [0.25, 0.3) is 0 Å². The van der Waals surface area contributed by atoms with Gasteiger partial charge >= 0.3 is 0 Å². The summed E-state index contributed by atoms with van der Waals surface area (Å²) in [4.78, 5) is 0. The first-order valence-corrected chi connectivity index (χ1v) is 6.68. The molecule has 0 spiro atoms. The van der Waals surface area contributed by atoms with Gasteiger partial charge in [0.1, 0.15) is 0 Å². The van der Waals surface area contributed by atoms with E-state index in [-0.39, 0.29) is 11.6 Å². The highest BCUT2D eigenvalue weighted by atomic mass is 79.9. The fourth-order valence-electron chi connectivity index (χ4n) is 1.84. The second-order valence-corrected chi connectivity index (χ2v) is 5.87. The van der Waals surface area contributed by atoms with Crippen LogP contribution in [0, 0.1) is 11.3 Å². The third-order valence-electron chi connectivity index (χ3n) is 2.85. The topological polar surface area (TPSA) is 45.0 Å². The summed E-state index contributed by atoms with van der Waals surface area (Å²) in [6, 6.07) is 7.94. The molecule has 0 amide bonds. The third kappa shape index (κ3) is 4.32. The van der Waals surface area contributed by atoms with Gasteiger partial charge in [0.25, 0.3) is 0 Å². The number of nitrogens with one attached hydrogen (secondary N) is 1. The molecule has 0 aliphatic rings. The van der Waals surface area contributed by atoms with Gasteiger partial charge in [0, 0.05) is 23.3 Å². The van der Waals surface area contributed by atoms with Crippen molar-refractivity contribution in [3.05, 3.63) is 28.2 Å². The van der Waals surface area contributed by atoms with E-state index < -0.39 is 0 Å². The fraction of sp³-hybridized carbons (Fsp3) is 0.500. The van der Waals surface area contributed by atoms with E-state index >= 15 is 0 Å². The molecule has 1 unspecified atom stereocenters. The summed E-state index contributed by atoms with van der Waals surface area (Å²) in [6.45, 7) is 6.25. The lowest BCUT2D eigenvalue weighted by Crippen LogP contribution is -2.31. The van der Waals surface area contributed by atoms with E-state index in [1.807, 2.05) is 12.1 Å². The van der Waals surface area contributed by atoms with E-state index in [2.05, 4.69) is 48.1 Å². The quantitative estimate of drug-likeness (QED) is 0.896. The molecule has 0 aliphatic carbocycles. The second kappa shape index (κ2) is 6.21. The molecule has 1 aromatic carbocycles. The van der Waals surface area contributed by atoms with Gasteiger partial charge in [-0.25, -0.2) is 0 Å². The van der Waals surface area contributed by atoms with Crippen LogP contribution in [0.5, 0.6) is 0 Å². The van der Waals surface area contributed by atoms with Gasteiger partial charge in [-0.3, -0.25) is 0 Å². The minimum Gasteiger partial charge on any atom is -0.382 e. The number of benzene rings is 1. The Morgan fingerprint density at radius 3 is 2.67 bits per heavy atom. The van der Waals surface area contributed by atoms with Gasteiger partial charge < -0.3 is 10.1 Å². The highest BCUT2D eigenvalue weighted by molar-refractivity contribution is 9.10. The smallest absolute Gasteiger partial charge is 0.0992 e. The van der Waals surface area contributed by atoms with Gasteiger partial charge in [0.2, 0.25) is 0 Å². The summed E-state index contributed by atoms with van der Waals surface area (Å²) < 4.78 is 6.32. The Hall–Kier alpha value is -1.05. The van der Waals surface area contributed by atoms with Gasteiger partial charge in [-0.05, 0) is 61.3 Å². The van der Waals surface area contributed by atoms with E-state index in [1.165, 1.54) is 0 Å². The molecule has 0 fully saturated rings. The SMILES string of the molecule is COC(C)(C)CC(C)Nc1ccc(C#N)cc1Br. The van der Waals surface area contributed by atoms with E-state index in [1.54, 1.807) is 13.2 Å². The minimum absolute atomic E-state index is 0.147. The van der Waals surface area contributed by atoms with Gasteiger partial charge in [0.05, 0.1) is 17.2 Å². The largest absolute Gasteiger partial charge is 0.382 e. The summed E-state index contributed by atoms with van der Waals surface area (Å²) in [5.41, 5.74) is 1.50. The molecule has 18 heavy (non-hydrogen) atoms. The Morgan fingerprint density at radius 2 is 2.17 bits per heavy atom. The molecule has 0 aliphatic heterocycles. The molecule has 1 N–H and O–H groups in total. The molecule has 1 atom stereocenters. The second-order valence-electron chi connectivity index (χ2n) is 5.02. The third-order valence-corrected chi connectivity index (χ3v) is 3.51. The van der Waals surface area contributed by atoms with Crippen molar-refractivity contribution in [2.75, 3.05) is 12.4 Å². The summed E-state index contributed by atoms with van der Waals surface area (Å²) in [5, 5.41) is 12.2. The highest BCUT2D eigenvalue weighted by Gasteiger charge is 2.20. The van der Waals surface area contributed by atoms with Crippen LogP contribution in [0.3, 0.4) is 0 Å². The number of methoxy groups -OCH3 is 1. The summed E-state index contributed by atoms with van der Waals surface area (Å²) in [7, 11) is 1.73. The Morgan fingerprint density at radius 1 is 1.50 bits per heavy atom. The zero-order chi connectivity index (χ0) is 13.8. The number of halogens is 1. The van der Waals surface area contributed by atoms with Crippen LogP contribution in [0.15, 0.2) is 22.7 Å². The monoisotopic (exact) mass is 310 g/mol. The first-order chi connectivity index (χ1) is 8.38. The zero-order valence-corrected chi connectivity index (χ0v) is 12.8. The number of hydrogen-bond donors (Lipinski definition) is 1. The van der Waals surface area contributed by atoms with Crippen LogP contribution in [0.4, 0.5) is 5.69 Å². The number of nitrogens with zero attached hydrogens (tertiary/aromatic N) is 1. The molecule has 1 rings (SSSR count). The predicted octanol–water partition coefficient (Wildman–Crippen LogP) is 3.94. The number of rotatable bonds is 5. The number of anilines is 1. The van der Waals surface area contributed by atoms with Crippen molar-refractivity contribution in [3.63, 3.8) is 0 Å². The maximum absolute atomic E-state index is 8.81. The Kier molecular flexibility index (Phi) is 5.18. The molecule has 98 valence electrons. The molecule has 0 saturated heterocycles. The molecule has 0 radical (unpaired) electrons. The maximum atomic E-state index is 8.81. The number of hydrogen-bond acceptors (Lipinski definition) is 3. The van der Waals surface area contributed by atoms with Gasteiger partial charge in [-0.15, -0.1) is 0 Å². The van der Waals surface area contributed by atoms with E-state index in [0.717, 1.165) is 16.6 Å². The Bertz CT molecular complexity index is 452. The van der Waals surface area contributed by atoms with Crippen LogP contribution in [-0.2, 0) is 4.74 Å². The predicted molar refractivity (Wildman–Crippen MR) is 77.6 cm³/mol. The Balaban J connectivity index is 2.71. The van der Waals surface area contributed by atoms with Gasteiger partial charge in [-0.2, -0.15) is 5.26 Å². The fourth-order valence-corrected chi connectivity index (χ4v) is 2.33. The van der Waals surface area contributed by atoms with Gasteiger partial charge in [0.15, 0.2) is 0 Å². The lowest BCUT2D eigenvalue weighted by atomic mass is 9.99. The molecule has 0 saturated carbocycles. The molecule has 4 heteroatoms. The molecule has 0 bridgehead atoms. The van der Waals surface area contributed by atoms with Crippen LogP contribution < -0.4 is 5.32 Å². The van der Waals surface area contributed by atoms with Crippen molar-refractivity contribution in [2.45, 2.75) is 38.8 Å². The summed E-state index contributed by atoms with van der Waals surface area (Å²) in [5.74, 6) is 0. The molecule has 0 aromatic heterocycles. The zero-order valence-electron chi connectivity index (χ0n) is 11.2. The number of ether oxygens (including phenoxy) is 1. The van der Waals surface area contributed by atoms with Crippen LogP contribution in [0.2, 0.25) is 0 Å². The lowest BCUT2D eigenvalue weighted by Gasteiger charge is -2.27. The normalized spacial score (nSPS) is 12.9. The lowest BCUT2D eigenvalue weighted by molar-refractivity contribution is 0.0128. The van der Waals surface area contributed by atoms with Crippen LogP contribution in [0.1, 0.15) is 32.8 Å². The average molecular weight is 311 g/mol. The van der Waals surface area contributed by atoms with Crippen molar-refractivity contribution in [1.82, 2.24) is 0 Å².